The van der Waals surface area contributed by atoms with Crippen LogP contribution in [0.5, 0.6) is 0 Å². The first-order valence-corrected chi connectivity index (χ1v) is 12.6. The van der Waals surface area contributed by atoms with Crippen LogP contribution in [-0.4, -0.2) is 60.4 Å². The molecule has 0 saturated heterocycles. The summed E-state index contributed by atoms with van der Waals surface area (Å²) in [5, 5.41) is 13.1. The number of carbonyl (C=O) groups excluding carboxylic acids is 5. The average molecular weight is 519 g/mol. The van der Waals surface area contributed by atoms with Crippen LogP contribution >= 0.6 is 0 Å². The zero-order valence-corrected chi connectivity index (χ0v) is 22.6. The summed E-state index contributed by atoms with van der Waals surface area (Å²) in [6, 6.07) is 4.95. The lowest BCUT2D eigenvalue weighted by Crippen LogP contribution is -2.59. The number of nitrogens with one attached hydrogen (secondary N) is 5. The van der Waals surface area contributed by atoms with Gasteiger partial charge in [0.2, 0.25) is 23.6 Å². The van der Waals surface area contributed by atoms with Gasteiger partial charge in [-0.3, -0.25) is 19.2 Å². The Hall–Kier alpha value is -3.63. The van der Waals surface area contributed by atoms with Gasteiger partial charge in [0.25, 0.3) is 0 Å². The van der Waals surface area contributed by atoms with E-state index in [1.54, 1.807) is 20.8 Å². The van der Waals surface area contributed by atoms with E-state index in [0.29, 0.717) is 13.0 Å². The summed E-state index contributed by atoms with van der Waals surface area (Å²) in [4.78, 5) is 62.7. The Morgan fingerprint density at radius 1 is 0.784 bits per heavy atom. The standard InChI is InChI=1S/C26H42N6O5/c1-7-28-26(37)31-20(14-18-11-9-8-10-12-18)24(35)32-21(16(4)5)25(36)29-17(6)23(34)30-19(22(27)33)13-15(2)3/h8-12,15-17,19-21H,7,13-14H2,1-6H3,(H2,27,33)(H,29,36)(H,30,34)(H,32,35)(H2,28,31,37)/t17-,19-,20-,21-/m0/s1. The van der Waals surface area contributed by atoms with Crippen molar-refractivity contribution in [2.45, 2.75) is 78.6 Å². The predicted octanol–water partition coefficient (Wildman–Crippen LogP) is 0.579. The van der Waals surface area contributed by atoms with Crippen molar-refractivity contribution in [3.8, 4) is 0 Å². The molecule has 0 spiro atoms. The fraction of sp³-hybridized carbons (Fsp3) is 0.577. The van der Waals surface area contributed by atoms with E-state index >= 15 is 0 Å². The normalized spacial score (nSPS) is 14.2. The van der Waals surface area contributed by atoms with E-state index in [9.17, 15) is 24.0 Å². The van der Waals surface area contributed by atoms with Crippen molar-refractivity contribution < 1.29 is 24.0 Å². The maximum Gasteiger partial charge on any atom is 0.315 e. The summed E-state index contributed by atoms with van der Waals surface area (Å²) in [5.41, 5.74) is 6.23. The molecule has 0 aliphatic rings. The van der Waals surface area contributed by atoms with E-state index in [4.69, 9.17) is 5.73 Å². The molecule has 7 N–H and O–H groups in total. The second kappa shape index (κ2) is 15.5. The Morgan fingerprint density at radius 3 is 1.92 bits per heavy atom. The molecule has 0 bridgehead atoms. The number of hydrogen-bond acceptors (Lipinski definition) is 5. The predicted molar refractivity (Wildman–Crippen MR) is 141 cm³/mol. The second-order valence-corrected chi connectivity index (χ2v) is 9.80. The smallest absolute Gasteiger partial charge is 0.315 e. The molecule has 0 aromatic heterocycles. The van der Waals surface area contributed by atoms with Gasteiger partial charge in [-0.2, -0.15) is 0 Å². The third kappa shape index (κ3) is 11.3. The van der Waals surface area contributed by atoms with Crippen LogP contribution < -0.4 is 32.3 Å². The molecule has 11 heteroatoms. The number of hydrogen-bond donors (Lipinski definition) is 6. The first-order valence-electron chi connectivity index (χ1n) is 12.6. The summed E-state index contributed by atoms with van der Waals surface area (Å²) in [5.74, 6) is -2.52. The van der Waals surface area contributed by atoms with Crippen LogP contribution in [0.2, 0.25) is 0 Å². The van der Waals surface area contributed by atoms with Crippen molar-refractivity contribution in [3.63, 3.8) is 0 Å². The van der Waals surface area contributed by atoms with Crippen molar-refractivity contribution in [2.24, 2.45) is 17.6 Å². The first-order chi connectivity index (χ1) is 17.3. The van der Waals surface area contributed by atoms with Crippen LogP contribution in [0.4, 0.5) is 4.79 Å². The lowest BCUT2D eigenvalue weighted by atomic mass is 10.0. The molecule has 37 heavy (non-hydrogen) atoms. The van der Waals surface area contributed by atoms with E-state index in [1.807, 2.05) is 44.2 Å². The molecule has 6 amide bonds. The number of nitrogens with two attached hydrogens (primary N) is 1. The van der Waals surface area contributed by atoms with E-state index in [2.05, 4.69) is 26.6 Å². The van der Waals surface area contributed by atoms with Crippen LogP contribution in [0, 0.1) is 11.8 Å². The minimum atomic E-state index is -0.978. The zero-order chi connectivity index (χ0) is 28.1. The lowest BCUT2D eigenvalue weighted by molar-refractivity contribution is -0.134. The average Bonchev–Trinajstić information content (AvgIpc) is 2.81. The van der Waals surface area contributed by atoms with Crippen molar-refractivity contribution in [2.75, 3.05) is 6.54 Å². The highest BCUT2D eigenvalue weighted by atomic mass is 16.2. The molecule has 0 saturated carbocycles. The fourth-order valence-corrected chi connectivity index (χ4v) is 3.60. The Balaban J connectivity index is 2.93. The molecular weight excluding hydrogens is 476 g/mol. The summed E-state index contributed by atoms with van der Waals surface area (Å²) < 4.78 is 0. The third-order valence-corrected chi connectivity index (χ3v) is 5.61. The molecule has 0 fully saturated rings. The van der Waals surface area contributed by atoms with E-state index < -0.39 is 53.8 Å². The van der Waals surface area contributed by atoms with Gasteiger partial charge in [0.15, 0.2) is 0 Å². The number of benzene rings is 1. The minimum absolute atomic E-state index is 0.125. The molecule has 0 aliphatic heterocycles. The highest BCUT2D eigenvalue weighted by Crippen LogP contribution is 2.08. The van der Waals surface area contributed by atoms with E-state index in [1.165, 1.54) is 6.92 Å². The molecule has 1 rings (SSSR count). The van der Waals surface area contributed by atoms with Crippen LogP contribution in [0.25, 0.3) is 0 Å². The molecule has 0 radical (unpaired) electrons. The number of primary amides is 1. The van der Waals surface area contributed by atoms with Crippen molar-refractivity contribution in [1.29, 1.82) is 0 Å². The van der Waals surface area contributed by atoms with Gasteiger partial charge in [-0.25, -0.2) is 4.79 Å². The number of urea groups is 1. The third-order valence-electron chi connectivity index (χ3n) is 5.61. The molecule has 4 atom stereocenters. The maximum atomic E-state index is 13.2. The number of amides is 6. The largest absolute Gasteiger partial charge is 0.368 e. The van der Waals surface area contributed by atoms with Gasteiger partial charge in [0.05, 0.1) is 0 Å². The number of rotatable bonds is 14. The van der Waals surface area contributed by atoms with Crippen LogP contribution in [-0.2, 0) is 25.6 Å². The van der Waals surface area contributed by atoms with Crippen molar-refractivity contribution in [1.82, 2.24) is 26.6 Å². The van der Waals surface area contributed by atoms with Crippen molar-refractivity contribution in [3.05, 3.63) is 35.9 Å². The summed E-state index contributed by atoms with van der Waals surface area (Å²) >= 11 is 0. The molecule has 0 aliphatic carbocycles. The maximum absolute atomic E-state index is 13.2. The Labute approximate surface area is 219 Å². The summed E-state index contributed by atoms with van der Waals surface area (Å²) in [7, 11) is 0. The Morgan fingerprint density at radius 2 is 1.41 bits per heavy atom. The summed E-state index contributed by atoms with van der Waals surface area (Å²) in [6.07, 6.45) is 0.591. The van der Waals surface area contributed by atoms with Crippen LogP contribution in [0.1, 0.15) is 53.5 Å². The zero-order valence-electron chi connectivity index (χ0n) is 22.6. The minimum Gasteiger partial charge on any atom is -0.368 e. The Kier molecular flexibility index (Phi) is 13.1. The molecular formula is C26H42N6O5. The summed E-state index contributed by atoms with van der Waals surface area (Å²) in [6.45, 7) is 10.9. The monoisotopic (exact) mass is 518 g/mol. The van der Waals surface area contributed by atoms with Gasteiger partial charge in [0, 0.05) is 13.0 Å². The SMILES string of the molecule is CCNC(=O)N[C@@H](Cc1ccccc1)C(=O)N[C@H](C(=O)N[C@@H](C)C(=O)N[C@@H](CC(C)C)C(N)=O)C(C)C. The molecule has 1 aromatic carbocycles. The van der Waals surface area contributed by atoms with E-state index in [-0.39, 0.29) is 18.3 Å². The lowest BCUT2D eigenvalue weighted by Gasteiger charge is -2.27. The van der Waals surface area contributed by atoms with Gasteiger partial charge in [0.1, 0.15) is 24.2 Å². The fourth-order valence-electron chi connectivity index (χ4n) is 3.60. The van der Waals surface area contributed by atoms with Crippen molar-refractivity contribution >= 4 is 29.7 Å². The molecule has 11 nitrogen and oxygen atoms in total. The topological polar surface area (TPSA) is 172 Å². The van der Waals surface area contributed by atoms with Gasteiger partial charge < -0.3 is 32.3 Å². The van der Waals surface area contributed by atoms with Crippen LogP contribution in [0.3, 0.4) is 0 Å². The van der Waals surface area contributed by atoms with Gasteiger partial charge in [-0.1, -0.05) is 58.0 Å². The first kappa shape index (κ1) is 31.4. The quantitative estimate of drug-likeness (QED) is 0.211. The molecule has 206 valence electrons. The highest BCUT2D eigenvalue weighted by Gasteiger charge is 2.31. The van der Waals surface area contributed by atoms with E-state index in [0.717, 1.165) is 5.56 Å². The number of carbonyl (C=O) groups is 5. The molecule has 0 heterocycles. The molecule has 1 aromatic rings. The Bertz CT molecular complexity index is 921. The van der Waals surface area contributed by atoms with Gasteiger partial charge in [-0.05, 0) is 37.7 Å². The van der Waals surface area contributed by atoms with Crippen LogP contribution in [0.15, 0.2) is 30.3 Å². The van der Waals surface area contributed by atoms with Gasteiger partial charge >= 0.3 is 6.03 Å². The second-order valence-electron chi connectivity index (χ2n) is 9.80. The van der Waals surface area contributed by atoms with Gasteiger partial charge in [-0.15, -0.1) is 0 Å². The highest BCUT2D eigenvalue weighted by molar-refractivity contribution is 5.95. The molecule has 0 unspecified atom stereocenters.